The van der Waals surface area contributed by atoms with Crippen LogP contribution >= 0.6 is 0 Å². The lowest BCUT2D eigenvalue weighted by Gasteiger charge is -2.37. The Bertz CT molecular complexity index is 866. The SMILES string of the molecule is O=C(O)CCC[C@@H](C(=O)O)N1CCNCCN([C@@H](CCCC(=O)O)C(=O)O)CCN([C@@H](CCCC(=O)O)C(=O)O)CC1. The fraction of sp³-hybridized carbons (Fsp3) is 0.769. The molecule has 0 bridgehead atoms. The van der Waals surface area contributed by atoms with Crippen molar-refractivity contribution in [2.24, 2.45) is 0 Å². The van der Waals surface area contributed by atoms with E-state index in [1.54, 1.807) is 14.7 Å². The van der Waals surface area contributed by atoms with Gasteiger partial charge in [0.25, 0.3) is 0 Å². The zero-order valence-corrected chi connectivity index (χ0v) is 23.7. The van der Waals surface area contributed by atoms with Gasteiger partial charge in [0.15, 0.2) is 0 Å². The third kappa shape index (κ3) is 14.5. The minimum Gasteiger partial charge on any atom is -0.481 e. The molecular weight excluding hydrogens is 560 g/mol. The van der Waals surface area contributed by atoms with Crippen molar-refractivity contribution in [2.75, 3.05) is 52.4 Å². The molecule has 0 aromatic heterocycles. The van der Waals surface area contributed by atoms with E-state index in [4.69, 9.17) is 15.3 Å². The highest BCUT2D eigenvalue weighted by Crippen LogP contribution is 2.16. The summed E-state index contributed by atoms with van der Waals surface area (Å²) in [5.41, 5.74) is 0. The van der Waals surface area contributed by atoms with Crippen molar-refractivity contribution >= 4 is 35.8 Å². The Morgan fingerprint density at radius 1 is 0.476 bits per heavy atom. The summed E-state index contributed by atoms with van der Waals surface area (Å²) in [7, 11) is 0. The van der Waals surface area contributed by atoms with Gasteiger partial charge < -0.3 is 36.0 Å². The van der Waals surface area contributed by atoms with Crippen LogP contribution in [0.2, 0.25) is 0 Å². The molecule has 1 heterocycles. The van der Waals surface area contributed by atoms with E-state index in [0.29, 0.717) is 13.1 Å². The van der Waals surface area contributed by atoms with Crippen molar-refractivity contribution in [3.8, 4) is 0 Å². The van der Waals surface area contributed by atoms with Gasteiger partial charge in [0, 0.05) is 71.6 Å². The smallest absolute Gasteiger partial charge is 0.320 e. The molecule has 1 aliphatic heterocycles. The molecule has 42 heavy (non-hydrogen) atoms. The summed E-state index contributed by atoms with van der Waals surface area (Å²) in [5.74, 6) is -6.62. The van der Waals surface area contributed by atoms with Crippen LogP contribution in [-0.2, 0) is 28.8 Å². The Balaban J connectivity index is 3.24. The van der Waals surface area contributed by atoms with Crippen LogP contribution in [0.15, 0.2) is 0 Å². The van der Waals surface area contributed by atoms with Gasteiger partial charge in [0.2, 0.25) is 0 Å². The molecule has 0 saturated carbocycles. The molecule has 0 aromatic carbocycles. The lowest BCUT2D eigenvalue weighted by atomic mass is 10.1. The van der Waals surface area contributed by atoms with Crippen LogP contribution in [0.25, 0.3) is 0 Å². The summed E-state index contributed by atoms with van der Waals surface area (Å²) in [5, 5.41) is 59.9. The molecule has 0 unspecified atom stereocenters. The fourth-order valence-electron chi connectivity index (χ4n) is 5.08. The first-order valence-electron chi connectivity index (χ1n) is 14.1. The van der Waals surface area contributed by atoms with Gasteiger partial charge in [-0.3, -0.25) is 43.5 Å². The maximum Gasteiger partial charge on any atom is 0.320 e. The number of nitrogens with one attached hydrogen (secondary N) is 1. The second-order valence-corrected chi connectivity index (χ2v) is 10.3. The van der Waals surface area contributed by atoms with Crippen molar-refractivity contribution in [3.05, 3.63) is 0 Å². The van der Waals surface area contributed by atoms with Crippen molar-refractivity contribution in [1.82, 2.24) is 20.0 Å². The molecule has 1 rings (SSSR count). The molecule has 240 valence electrons. The fourth-order valence-corrected chi connectivity index (χ4v) is 5.08. The molecule has 1 aliphatic rings. The number of hydrogen-bond donors (Lipinski definition) is 7. The predicted octanol–water partition coefficient (Wildman–Crippen LogP) is -0.380. The average molecular weight is 605 g/mol. The summed E-state index contributed by atoms with van der Waals surface area (Å²) in [6, 6.07) is -3.12. The standard InChI is InChI=1S/C26H44N4O12/c31-21(32)7-1-4-18(24(37)38)28-12-10-27-11-13-29(19(25(39)40)5-2-8-22(33)34)15-17-30(16-14-28)20(26(41)42)6-3-9-23(35)36/h18-20,27H,1-17H2,(H,31,32)(H,33,34)(H,35,36)(H,37,38)(H,39,40)(H,41,42)/t18-,19-,20-/m0/s1. The Kier molecular flexibility index (Phi) is 17.2. The first-order chi connectivity index (χ1) is 19.8. The van der Waals surface area contributed by atoms with Crippen LogP contribution in [0.4, 0.5) is 0 Å². The minimum atomic E-state index is -1.19. The van der Waals surface area contributed by atoms with E-state index in [9.17, 15) is 44.1 Å². The Hall–Kier alpha value is -3.34. The number of hydrogen-bond acceptors (Lipinski definition) is 10. The summed E-state index contributed by atoms with van der Waals surface area (Å²) in [6.45, 7) is 1.55. The van der Waals surface area contributed by atoms with Crippen LogP contribution in [0.3, 0.4) is 0 Å². The number of nitrogens with zero attached hydrogens (tertiary/aromatic N) is 3. The van der Waals surface area contributed by atoms with Crippen molar-refractivity contribution in [1.29, 1.82) is 0 Å². The van der Waals surface area contributed by atoms with Gasteiger partial charge in [0.05, 0.1) is 0 Å². The van der Waals surface area contributed by atoms with E-state index < -0.39 is 53.9 Å². The van der Waals surface area contributed by atoms with Crippen molar-refractivity contribution in [2.45, 2.75) is 75.9 Å². The number of carbonyl (C=O) groups is 6. The molecular formula is C26H44N4O12. The summed E-state index contributed by atoms with van der Waals surface area (Å²) >= 11 is 0. The van der Waals surface area contributed by atoms with Crippen LogP contribution in [0.1, 0.15) is 57.8 Å². The average Bonchev–Trinajstić information content (AvgIpc) is 2.87. The van der Waals surface area contributed by atoms with Gasteiger partial charge in [-0.15, -0.1) is 0 Å². The number of carboxylic acids is 6. The van der Waals surface area contributed by atoms with Gasteiger partial charge in [-0.2, -0.15) is 0 Å². The Morgan fingerprint density at radius 3 is 0.976 bits per heavy atom. The molecule has 0 aromatic rings. The third-order valence-corrected chi connectivity index (χ3v) is 7.28. The molecule has 16 nitrogen and oxygen atoms in total. The van der Waals surface area contributed by atoms with E-state index in [0.717, 1.165) is 0 Å². The number of aliphatic carboxylic acids is 6. The van der Waals surface area contributed by atoms with Gasteiger partial charge in [0.1, 0.15) is 18.1 Å². The van der Waals surface area contributed by atoms with E-state index in [1.807, 2.05) is 0 Å². The Labute approximate surface area is 243 Å². The third-order valence-electron chi connectivity index (χ3n) is 7.28. The van der Waals surface area contributed by atoms with Crippen LogP contribution in [0, 0.1) is 0 Å². The van der Waals surface area contributed by atoms with Crippen molar-refractivity contribution in [3.63, 3.8) is 0 Å². The van der Waals surface area contributed by atoms with E-state index >= 15 is 0 Å². The van der Waals surface area contributed by atoms with E-state index in [1.165, 1.54) is 0 Å². The van der Waals surface area contributed by atoms with Gasteiger partial charge in [-0.25, -0.2) is 0 Å². The molecule has 0 radical (unpaired) electrons. The van der Waals surface area contributed by atoms with Crippen molar-refractivity contribution < 1.29 is 59.4 Å². The molecule has 16 heteroatoms. The zero-order chi connectivity index (χ0) is 31.7. The molecule has 0 spiro atoms. The second-order valence-electron chi connectivity index (χ2n) is 10.3. The van der Waals surface area contributed by atoms with Gasteiger partial charge >= 0.3 is 35.8 Å². The molecule has 3 atom stereocenters. The number of carboxylic acid groups (broad SMARTS) is 6. The first-order valence-corrected chi connectivity index (χ1v) is 14.1. The number of rotatable bonds is 18. The highest BCUT2D eigenvalue weighted by atomic mass is 16.4. The first kappa shape index (κ1) is 36.7. The summed E-state index contributed by atoms with van der Waals surface area (Å²) in [4.78, 5) is 74.4. The van der Waals surface area contributed by atoms with Crippen LogP contribution in [-0.4, -0.2) is 152 Å². The van der Waals surface area contributed by atoms with Gasteiger partial charge in [-0.1, -0.05) is 0 Å². The maximum atomic E-state index is 12.3. The van der Waals surface area contributed by atoms with E-state index in [-0.39, 0.29) is 97.1 Å². The monoisotopic (exact) mass is 604 g/mol. The maximum absolute atomic E-state index is 12.3. The molecule has 7 N–H and O–H groups in total. The van der Waals surface area contributed by atoms with Crippen LogP contribution in [0.5, 0.6) is 0 Å². The Morgan fingerprint density at radius 2 is 0.738 bits per heavy atom. The molecule has 0 amide bonds. The molecule has 1 saturated heterocycles. The lowest BCUT2D eigenvalue weighted by molar-refractivity contribution is -0.147. The van der Waals surface area contributed by atoms with Gasteiger partial charge in [-0.05, 0) is 38.5 Å². The molecule has 1 fully saturated rings. The topological polar surface area (TPSA) is 246 Å². The molecule has 0 aliphatic carbocycles. The zero-order valence-electron chi connectivity index (χ0n) is 23.7. The predicted molar refractivity (Wildman–Crippen MR) is 146 cm³/mol. The van der Waals surface area contributed by atoms with E-state index in [2.05, 4.69) is 5.32 Å². The summed E-state index contributed by atoms with van der Waals surface area (Å²) < 4.78 is 0. The lowest BCUT2D eigenvalue weighted by Crippen LogP contribution is -2.54. The second kappa shape index (κ2) is 19.7. The van der Waals surface area contributed by atoms with Crippen LogP contribution < -0.4 is 5.32 Å². The highest BCUT2D eigenvalue weighted by molar-refractivity contribution is 5.75. The largest absolute Gasteiger partial charge is 0.481 e. The quantitative estimate of drug-likeness (QED) is 0.105. The minimum absolute atomic E-state index is 0.00509. The highest BCUT2D eigenvalue weighted by Gasteiger charge is 2.32. The normalized spacial score (nSPS) is 18.6. The summed E-state index contributed by atoms with van der Waals surface area (Å²) in [6.07, 6.45) is -0.109.